The molecule has 5 heteroatoms. The van der Waals surface area contributed by atoms with Crippen molar-refractivity contribution in [2.45, 2.75) is 43.8 Å². The average molecular weight is 262 g/mol. The van der Waals surface area contributed by atoms with E-state index in [1.54, 1.807) is 0 Å². The summed E-state index contributed by atoms with van der Waals surface area (Å²) in [4.78, 5) is 22.1. The van der Waals surface area contributed by atoms with E-state index >= 15 is 0 Å². The molecule has 0 aromatic rings. The van der Waals surface area contributed by atoms with Crippen LogP contribution in [-0.2, 0) is 19.1 Å². The second kappa shape index (κ2) is 10.4. The van der Waals surface area contributed by atoms with Gasteiger partial charge >= 0.3 is 11.9 Å². The Bertz CT molecular complexity index is 231. The van der Waals surface area contributed by atoms with Gasteiger partial charge in [-0.1, -0.05) is 19.3 Å². The van der Waals surface area contributed by atoms with Crippen molar-refractivity contribution < 1.29 is 19.1 Å². The Morgan fingerprint density at radius 3 is 2.24 bits per heavy atom. The predicted octanol–water partition coefficient (Wildman–Crippen LogP) is 2.40. The van der Waals surface area contributed by atoms with Crippen LogP contribution < -0.4 is 0 Å². The molecule has 1 unspecified atom stereocenters. The highest BCUT2D eigenvalue weighted by Crippen LogP contribution is 2.17. The van der Waals surface area contributed by atoms with Crippen LogP contribution in [-0.4, -0.2) is 37.7 Å². The van der Waals surface area contributed by atoms with E-state index in [0.29, 0.717) is 6.42 Å². The third-order valence-electron chi connectivity index (χ3n) is 2.57. The Labute approximate surface area is 107 Å². The molecule has 0 saturated heterocycles. The second-order valence-corrected chi connectivity index (χ2v) is 4.82. The minimum absolute atomic E-state index is 0.0550. The molecule has 0 amide bonds. The molecule has 4 nitrogen and oxygen atoms in total. The van der Waals surface area contributed by atoms with E-state index < -0.39 is 0 Å². The summed E-state index contributed by atoms with van der Waals surface area (Å²) < 4.78 is 9.26. The first kappa shape index (κ1) is 16.3. The number of unbranched alkanes of at least 4 members (excludes halogenated alkanes) is 3. The molecule has 0 aromatic heterocycles. The molecule has 0 heterocycles. The minimum Gasteiger partial charge on any atom is -0.469 e. The van der Waals surface area contributed by atoms with Crippen LogP contribution in [0.15, 0.2) is 0 Å². The summed E-state index contributed by atoms with van der Waals surface area (Å²) >= 11 is 1.53. The third kappa shape index (κ3) is 8.07. The largest absolute Gasteiger partial charge is 0.469 e. The smallest absolute Gasteiger partial charge is 0.318 e. The van der Waals surface area contributed by atoms with Gasteiger partial charge in [-0.2, -0.15) is 11.8 Å². The van der Waals surface area contributed by atoms with Gasteiger partial charge < -0.3 is 9.47 Å². The minimum atomic E-state index is -0.151. The van der Waals surface area contributed by atoms with Crippen LogP contribution in [0.4, 0.5) is 0 Å². The summed E-state index contributed by atoms with van der Waals surface area (Å²) in [5, 5.41) is -0.0550. The molecule has 0 spiro atoms. The Kier molecular flexibility index (Phi) is 10.0. The maximum Gasteiger partial charge on any atom is 0.318 e. The summed E-state index contributed by atoms with van der Waals surface area (Å²) in [7, 11) is 2.82. The lowest BCUT2D eigenvalue weighted by molar-refractivity contribution is -0.141. The number of carbonyl (C=O) groups is 2. The molecular weight excluding hydrogens is 240 g/mol. The number of rotatable bonds is 9. The Hall–Kier alpha value is -0.710. The monoisotopic (exact) mass is 262 g/mol. The molecule has 0 N–H and O–H groups in total. The van der Waals surface area contributed by atoms with E-state index in [4.69, 9.17) is 4.74 Å². The predicted molar refractivity (Wildman–Crippen MR) is 69.0 cm³/mol. The van der Waals surface area contributed by atoms with Crippen LogP contribution in [0, 0.1) is 0 Å². The van der Waals surface area contributed by atoms with Crippen molar-refractivity contribution in [2.24, 2.45) is 0 Å². The zero-order valence-electron chi connectivity index (χ0n) is 10.9. The molecule has 0 saturated carbocycles. The number of thioether (sulfide) groups is 1. The molecule has 0 aliphatic heterocycles. The van der Waals surface area contributed by atoms with Crippen LogP contribution in [0.5, 0.6) is 0 Å². The van der Waals surface area contributed by atoms with Crippen molar-refractivity contribution in [3.63, 3.8) is 0 Å². The number of methoxy groups -OCH3 is 2. The summed E-state index contributed by atoms with van der Waals surface area (Å²) in [6.45, 7) is 0. The van der Waals surface area contributed by atoms with Crippen molar-refractivity contribution in [3.8, 4) is 0 Å². The molecule has 0 fully saturated rings. The van der Waals surface area contributed by atoms with Gasteiger partial charge in [0.05, 0.1) is 14.2 Å². The lowest BCUT2D eigenvalue weighted by Gasteiger charge is -2.11. The quantitative estimate of drug-likeness (QED) is 0.472. The highest BCUT2D eigenvalue weighted by molar-refractivity contribution is 7.99. The number of hydrogen-bond donors (Lipinski definition) is 0. The standard InChI is InChI=1S/C12H22O4S/c1-15-11(13)9-7-5-4-6-8-10(17-3)12(14)16-2/h10H,4-9H2,1-3H3. The van der Waals surface area contributed by atoms with Gasteiger partial charge in [-0.05, 0) is 19.1 Å². The zero-order valence-corrected chi connectivity index (χ0v) is 11.7. The van der Waals surface area contributed by atoms with E-state index in [2.05, 4.69) is 4.74 Å². The van der Waals surface area contributed by atoms with Crippen LogP contribution in [0.25, 0.3) is 0 Å². The van der Waals surface area contributed by atoms with Crippen LogP contribution in [0.1, 0.15) is 38.5 Å². The van der Waals surface area contributed by atoms with Gasteiger partial charge in [0, 0.05) is 6.42 Å². The third-order valence-corrected chi connectivity index (χ3v) is 3.57. The van der Waals surface area contributed by atoms with Gasteiger partial charge in [0.15, 0.2) is 0 Å². The van der Waals surface area contributed by atoms with Crippen molar-refractivity contribution >= 4 is 23.7 Å². The number of ether oxygens (including phenoxy) is 2. The fourth-order valence-electron chi connectivity index (χ4n) is 1.52. The number of esters is 2. The zero-order chi connectivity index (χ0) is 13.1. The molecule has 1 atom stereocenters. The van der Waals surface area contributed by atoms with Crippen molar-refractivity contribution in [1.29, 1.82) is 0 Å². The van der Waals surface area contributed by atoms with Crippen LogP contribution in [0.2, 0.25) is 0 Å². The highest BCUT2D eigenvalue weighted by atomic mass is 32.2. The van der Waals surface area contributed by atoms with E-state index in [-0.39, 0.29) is 17.2 Å². The highest BCUT2D eigenvalue weighted by Gasteiger charge is 2.16. The maximum atomic E-state index is 11.3. The molecule has 0 aliphatic carbocycles. The Balaban J connectivity index is 3.49. The van der Waals surface area contributed by atoms with Crippen LogP contribution in [0.3, 0.4) is 0 Å². The van der Waals surface area contributed by atoms with Gasteiger partial charge in [0.2, 0.25) is 0 Å². The number of carbonyl (C=O) groups excluding carboxylic acids is 2. The summed E-state index contributed by atoms with van der Waals surface area (Å²) in [6.07, 6.45) is 7.11. The first-order valence-corrected chi connectivity index (χ1v) is 7.12. The molecule has 0 aliphatic rings. The summed E-state index contributed by atoms with van der Waals surface area (Å²) in [5.74, 6) is -0.298. The molecule has 17 heavy (non-hydrogen) atoms. The topological polar surface area (TPSA) is 52.6 Å². The van der Waals surface area contributed by atoms with E-state index in [1.165, 1.54) is 26.0 Å². The fourth-order valence-corrected chi connectivity index (χ4v) is 2.21. The average Bonchev–Trinajstić information content (AvgIpc) is 2.36. The first-order valence-electron chi connectivity index (χ1n) is 5.83. The molecule has 0 aromatic carbocycles. The summed E-state index contributed by atoms with van der Waals surface area (Å²) in [5.41, 5.74) is 0. The van der Waals surface area contributed by atoms with Crippen molar-refractivity contribution in [3.05, 3.63) is 0 Å². The van der Waals surface area contributed by atoms with E-state index in [0.717, 1.165) is 32.1 Å². The number of hydrogen-bond acceptors (Lipinski definition) is 5. The van der Waals surface area contributed by atoms with E-state index in [1.807, 2.05) is 6.26 Å². The lowest BCUT2D eigenvalue weighted by atomic mass is 10.1. The summed E-state index contributed by atoms with van der Waals surface area (Å²) in [6, 6.07) is 0. The van der Waals surface area contributed by atoms with Gasteiger partial charge in [0.1, 0.15) is 5.25 Å². The molecule has 0 radical (unpaired) electrons. The van der Waals surface area contributed by atoms with Crippen LogP contribution >= 0.6 is 11.8 Å². The molecule has 0 rings (SSSR count). The molecular formula is C12H22O4S. The SMILES string of the molecule is COC(=O)CCCCCCC(SC)C(=O)OC. The van der Waals surface area contributed by atoms with E-state index in [9.17, 15) is 9.59 Å². The lowest BCUT2D eigenvalue weighted by Crippen LogP contribution is -2.18. The van der Waals surface area contributed by atoms with Gasteiger partial charge in [-0.15, -0.1) is 0 Å². The molecule has 100 valence electrons. The normalized spacial score (nSPS) is 11.9. The van der Waals surface area contributed by atoms with Gasteiger partial charge in [-0.25, -0.2) is 0 Å². The Morgan fingerprint density at radius 1 is 1.06 bits per heavy atom. The second-order valence-electron chi connectivity index (χ2n) is 3.78. The molecule has 0 bridgehead atoms. The van der Waals surface area contributed by atoms with Gasteiger partial charge in [0.25, 0.3) is 0 Å². The van der Waals surface area contributed by atoms with Crippen molar-refractivity contribution in [2.75, 3.05) is 20.5 Å². The first-order chi connectivity index (χ1) is 8.15. The Morgan fingerprint density at radius 2 is 1.71 bits per heavy atom. The van der Waals surface area contributed by atoms with Gasteiger partial charge in [-0.3, -0.25) is 9.59 Å². The van der Waals surface area contributed by atoms with Crippen molar-refractivity contribution in [1.82, 2.24) is 0 Å². The maximum absolute atomic E-state index is 11.3. The fraction of sp³-hybridized carbons (Fsp3) is 0.833.